The van der Waals surface area contributed by atoms with Crippen LogP contribution in [0.1, 0.15) is 19.8 Å². The van der Waals surface area contributed by atoms with Crippen LogP contribution in [0.2, 0.25) is 0 Å². The molecule has 1 heterocycles. The highest BCUT2D eigenvalue weighted by Gasteiger charge is 2.21. The van der Waals surface area contributed by atoms with Crippen LogP contribution in [0.15, 0.2) is 24.3 Å². The Morgan fingerprint density at radius 1 is 1.48 bits per heavy atom. The van der Waals surface area contributed by atoms with Crippen molar-refractivity contribution < 1.29 is 13.9 Å². The zero-order chi connectivity index (χ0) is 14.4. The number of carbonyl (C=O) groups excluding carboxylic acids is 1. The van der Waals surface area contributed by atoms with Crippen molar-refractivity contribution in [3.05, 3.63) is 30.1 Å². The van der Waals surface area contributed by atoms with Crippen LogP contribution in [-0.4, -0.2) is 31.6 Å². The first-order valence-electron chi connectivity index (χ1n) is 7.06. The first kappa shape index (κ1) is 17.7. The molecule has 21 heavy (non-hydrogen) atoms. The monoisotopic (exact) mass is 316 g/mol. The third-order valence-electron chi connectivity index (χ3n) is 3.38. The summed E-state index contributed by atoms with van der Waals surface area (Å²) in [6.07, 6.45) is 1.83. The summed E-state index contributed by atoms with van der Waals surface area (Å²) >= 11 is 0. The summed E-state index contributed by atoms with van der Waals surface area (Å²) in [4.78, 5) is 11.9. The number of rotatable bonds is 5. The van der Waals surface area contributed by atoms with Crippen LogP contribution in [0, 0.1) is 11.7 Å². The van der Waals surface area contributed by atoms with E-state index in [1.54, 1.807) is 12.1 Å². The Morgan fingerprint density at radius 3 is 2.81 bits per heavy atom. The summed E-state index contributed by atoms with van der Waals surface area (Å²) in [5.41, 5.74) is 0. The zero-order valence-electron chi connectivity index (χ0n) is 12.1. The molecule has 2 N–H and O–H groups in total. The second-order valence-corrected chi connectivity index (χ2v) is 5.17. The summed E-state index contributed by atoms with van der Waals surface area (Å²) in [6, 6.07) is 5.88. The molecule has 2 atom stereocenters. The van der Waals surface area contributed by atoms with Crippen LogP contribution < -0.4 is 15.4 Å². The topological polar surface area (TPSA) is 50.4 Å². The average Bonchev–Trinajstić information content (AvgIpc) is 2.48. The summed E-state index contributed by atoms with van der Waals surface area (Å²) < 4.78 is 18.4. The Morgan fingerprint density at radius 2 is 2.19 bits per heavy atom. The van der Waals surface area contributed by atoms with E-state index >= 15 is 0 Å². The SMILES string of the molecule is CC(CNC(=O)C1CCCNC1)Oc1ccc(F)cc1.Cl. The van der Waals surface area contributed by atoms with Crippen LogP contribution in [0.5, 0.6) is 5.75 Å². The number of piperidine rings is 1. The van der Waals surface area contributed by atoms with Gasteiger partial charge in [-0.15, -0.1) is 12.4 Å². The number of ether oxygens (including phenoxy) is 1. The van der Waals surface area contributed by atoms with Gasteiger partial charge in [0.1, 0.15) is 17.7 Å². The Kier molecular flexibility index (Phi) is 7.47. The van der Waals surface area contributed by atoms with Crippen LogP contribution in [-0.2, 0) is 4.79 Å². The van der Waals surface area contributed by atoms with Crippen LogP contribution in [0.3, 0.4) is 0 Å². The van der Waals surface area contributed by atoms with Gasteiger partial charge in [-0.05, 0) is 50.6 Å². The molecule has 2 rings (SSSR count). The average molecular weight is 317 g/mol. The lowest BCUT2D eigenvalue weighted by Gasteiger charge is -2.23. The minimum Gasteiger partial charge on any atom is -0.489 e. The van der Waals surface area contributed by atoms with Gasteiger partial charge in [0.2, 0.25) is 5.91 Å². The molecule has 1 fully saturated rings. The maximum atomic E-state index is 12.8. The predicted molar refractivity (Wildman–Crippen MR) is 82.3 cm³/mol. The minimum atomic E-state index is -0.289. The fourth-order valence-corrected chi connectivity index (χ4v) is 2.25. The van der Waals surface area contributed by atoms with Crippen molar-refractivity contribution in [2.24, 2.45) is 5.92 Å². The van der Waals surface area contributed by atoms with Gasteiger partial charge in [0.15, 0.2) is 0 Å². The van der Waals surface area contributed by atoms with Gasteiger partial charge in [-0.1, -0.05) is 0 Å². The number of benzene rings is 1. The fraction of sp³-hybridized carbons (Fsp3) is 0.533. The quantitative estimate of drug-likeness (QED) is 0.875. The van der Waals surface area contributed by atoms with E-state index in [0.717, 1.165) is 25.9 Å². The maximum Gasteiger partial charge on any atom is 0.224 e. The number of amides is 1. The Hall–Kier alpha value is -1.33. The van der Waals surface area contributed by atoms with E-state index in [-0.39, 0.29) is 36.2 Å². The number of halogens is 2. The molecule has 2 unspecified atom stereocenters. The molecule has 1 aromatic rings. The third kappa shape index (κ3) is 5.89. The summed E-state index contributed by atoms with van der Waals surface area (Å²) in [5, 5.41) is 6.13. The zero-order valence-corrected chi connectivity index (χ0v) is 12.9. The molecule has 0 saturated carbocycles. The molecule has 1 aliphatic heterocycles. The Bertz CT molecular complexity index is 436. The second-order valence-electron chi connectivity index (χ2n) is 5.17. The molecule has 1 saturated heterocycles. The smallest absolute Gasteiger partial charge is 0.224 e. The van der Waals surface area contributed by atoms with E-state index in [0.29, 0.717) is 12.3 Å². The van der Waals surface area contributed by atoms with Gasteiger partial charge < -0.3 is 15.4 Å². The van der Waals surface area contributed by atoms with E-state index in [9.17, 15) is 9.18 Å². The van der Waals surface area contributed by atoms with E-state index < -0.39 is 0 Å². The molecule has 118 valence electrons. The molecule has 0 spiro atoms. The fourth-order valence-electron chi connectivity index (χ4n) is 2.25. The van der Waals surface area contributed by atoms with E-state index in [2.05, 4.69) is 10.6 Å². The first-order chi connectivity index (χ1) is 9.65. The van der Waals surface area contributed by atoms with Crippen LogP contribution >= 0.6 is 12.4 Å². The molecule has 0 radical (unpaired) electrons. The largest absolute Gasteiger partial charge is 0.489 e. The second kappa shape index (κ2) is 8.85. The lowest BCUT2D eigenvalue weighted by atomic mass is 9.99. The Balaban J connectivity index is 0.00000220. The van der Waals surface area contributed by atoms with E-state index in [1.165, 1.54) is 12.1 Å². The van der Waals surface area contributed by atoms with Gasteiger partial charge in [-0.2, -0.15) is 0 Å². The third-order valence-corrected chi connectivity index (χ3v) is 3.38. The normalized spacial score (nSPS) is 19.2. The van der Waals surface area contributed by atoms with Gasteiger partial charge in [0.25, 0.3) is 0 Å². The number of nitrogens with one attached hydrogen (secondary N) is 2. The van der Waals surface area contributed by atoms with Crippen molar-refractivity contribution in [1.82, 2.24) is 10.6 Å². The molecule has 1 aliphatic rings. The molecule has 0 bridgehead atoms. The van der Waals surface area contributed by atoms with Crippen molar-refractivity contribution in [3.8, 4) is 5.75 Å². The van der Waals surface area contributed by atoms with Gasteiger partial charge in [0.05, 0.1) is 12.5 Å². The minimum absolute atomic E-state index is 0. The van der Waals surface area contributed by atoms with E-state index in [4.69, 9.17) is 4.74 Å². The standard InChI is InChI=1S/C15H21FN2O2.ClH/c1-11(20-14-6-4-13(16)5-7-14)9-18-15(19)12-3-2-8-17-10-12;/h4-7,11-12,17H,2-3,8-10H2,1H3,(H,18,19);1H. The lowest BCUT2D eigenvalue weighted by Crippen LogP contribution is -2.43. The van der Waals surface area contributed by atoms with Crippen LogP contribution in [0.4, 0.5) is 4.39 Å². The molecule has 4 nitrogen and oxygen atoms in total. The molecule has 1 aromatic carbocycles. The number of hydrogen-bond donors (Lipinski definition) is 2. The maximum absolute atomic E-state index is 12.8. The van der Waals surface area contributed by atoms with Gasteiger partial charge in [0, 0.05) is 6.54 Å². The van der Waals surface area contributed by atoms with Crippen molar-refractivity contribution in [2.45, 2.75) is 25.9 Å². The molecular formula is C15H22ClFN2O2. The predicted octanol–water partition coefficient (Wildman–Crippen LogP) is 2.13. The van der Waals surface area contributed by atoms with Gasteiger partial charge in [-0.25, -0.2) is 4.39 Å². The highest BCUT2D eigenvalue weighted by Crippen LogP contribution is 2.13. The number of hydrogen-bond acceptors (Lipinski definition) is 3. The summed E-state index contributed by atoms with van der Waals surface area (Å²) in [5.74, 6) is 0.448. The molecule has 6 heteroatoms. The summed E-state index contributed by atoms with van der Waals surface area (Å²) in [6.45, 7) is 4.07. The van der Waals surface area contributed by atoms with Crippen molar-refractivity contribution in [3.63, 3.8) is 0 Å². The van der Waals surface area contributed by atoms with Gasteiger partial charge in [-0.3, -0.25) is 4.79 Å². The van der Waals surface area contributed by atoms with E-state index in [1.807, 2.05) is 6.92 Å². The van der Waals surface area contributed by atoms with Crippen molar-refractivity contribution in [1.29, 1.82) is 0 Å². The highest BCUT2D eigenvalue weighted by atomic mass is 35.5. The molecular weight excluding hydrogens is 295 g/mol. The lowest BCUT2D eigenvalue weighted by molar-refractivity contribution is -0.125. The van der Waals surface area contributed by atoms with Crippen LogP contribution in [0.25, 0.3) is 0 Å². The van der Waals surface area contributed by atoms with Crippen molar-refractivity contribution >= 4 is 18.3 Å². The first-order valence-corrected chi connectivity index (χ1v) is 7.06. The highest BCUT2D eigenvalue weighted by molar-refractivity contribution is 5.85. The summed E-state index contributed by atoms with van der Waals surface area (Å²) in [7, 11) is 0. The van der Waals surface area contributed by atoms with Crippen molar-refractivity contribution in [2.75, 3.05) is 19.6 Å². The molecule has 1 amide bonds. The molecule has 0 aromatic heterocycles. The number of carbonyl (C=O) groups is 1. The Labute approximate surface area is 130 Å². The molecule has 0 aliphatic carbocycles. The van der Waals surface area contributed by atoms with Gasteiger partial charge >= 0.3 is 0 Å².